The predicted molar refractivity (Wildman–Crippen MR) is 58.8 cm³/mol. The lowest BCUT2D eigenvalue weighted by atomic mass is 9.66. The van der Waals surface area contributed by atoms with Gasteiger partial charge in [-0.1, -0.05) is 11.6 Å². The van der Waals surface area contributed by atoms with E-state index in [0.717, 1.165) is 18.5 Å². The van der Waals surface area contributed by atoms with Gasteiger partial charge in [-0.3, -0.25) is 0 Å². The molecule has 0 unspecified atom stereocenters. The zero-order valence-electron chi connectivity index (χ0n) is 8.98. The average molecular weight is 218 g/mol. The molecule has 0 atom stereocenters. The van der Waals surface area contributed by atoms with Crippen molar-refractivity contribution in [3.8, 4) is 11.5 Å². The van der Waals surface area contributed by atoms with E-state index in [-0.39, 0.29) is 5.41 Å². The number of nitrogens with zero attached hydrogens (tertiary/aromatic N) is 1. The smallest absolute Gasteiger partial charge is 0.202 e. The van der Waals surface area contributed by atoms with E-state index in [1.165, 1.54) is 6.42 Å². The molecule has 2 aromatic heterocycles. The molecule has 0 aromatic carbocycles. The Balaban J connectivity index is 1.93. The monoisotopic (exact) mass is 218 g/mol. The van der Waals surface area contributed by atoms with Crippen LogP contribution in [0.15, 0.2) is 33.4 Å². The summed E-state index contributed by atoms with van der Waals surface area (Å²) in [4.78, 5) is 0. The van der Waals surface area contributed by atoms with Crippen LogP contribution in [-0.4, -0.2) is 11.7 Å². The van der Waals surface area contributed by atoms with Crippen LogP contribution in [0.3, 0.4) is 0 Å². The van der Waals surface area contributed by atoms with Crippen LogP contribution in [0.1, 0.15) is 25.0 Å². The van der Waals surface area contributed by atoms with Crippen molar-refractivity contribution in [1.82, 2.24) is 5.16 Å². The summed E-state index contributed by atoms with van der Waals surface area (Å²) in [5, 5.41) is 4.12. The first-order valence-corrected chi connectivity index (χ1v) is 5.55. The molecule has 2 aromatic rings. The van der Waals surface area contributed by atoms with Gasteiger partial charge in [0.05, 0.1) is 12.0 Å². The maximum atomic E-state index is 5.82. The molecule has 0 amide bonds. The first kappa shape index (κ1) is 9.66. The molecule has 0 aliphatic heterocycles. The second kappa shape index (κ2) is 3.49. The fourth-order valence-electron chi connectivity index (χ4n) is 2.23. The fraction of sp³-hybridized carbons (Fsp3) is 0.417. The molecule has 1 saturated carbocycles. The molecule has 4 nitrogen and oxygen atoms in total. The summed E-state index contributed by atoms with van der Waals surface area (Å²) in [6.07, 6.45) is 5.06. The van der Waals surface area contributed by atoms with Crippen molar-refractivity contribution in [3.05, 3.63) is 30.2 Å². The van der Waals surface area contributed by atoms with Crippen molar-refractivity contribution in [2.24, 2.45) is 5.73 Å². The molecular formula is C12H14N2O2. The van der Waals surface area contributed by atoms with Gasteiger partial charge >= 0.3 is 0 Å². The first-order valence-electron chi connectivity index (χ1n) is 5.55. The fourth-order valence-corrected chi connectivity index (χ4v) is 2.23. The molecule has 0 saturated heterocycles. The molecule has 2 N–H and O–H groups in total. The van der Waals surface area contributed by atoms with Crippen LogP contribution in [0.4, 0.5) is 0 Å². The highest BCUT2D eigenvalue weighted by atomic mass is 16.5. The van der Waals surface area contributed by atoms with E-state index in [1.807, 2.05) is 18.2 Å². The van der Waals surface area contributed by atoms with Crippen LogP contribution in [0.2, 0.25) is 0 Å². The van der Waals surface area contributed by atoms with Gasteiger partial charge in [0, 0.05) is 18.0 Å². The summed E-state index contributed by atoms with van der Waals surface area (Å²) in [6.45, 7) is 0.636. The SMILES string of the molecule is NCC1(c2cc(-c3ccco3)on2)CCC1. The van der Waals surface area contributed by atoms with Gasteiger partial charge < -0.3 is 14.7 Å². The molecule has 4 heteroatoms. The van der Waals surface area contributed by atoms with E-state index in [1.54, 1.807) is 6.26 Å². The Morgan fingerprint density at radius 1 is 1.38 bits per heavy atom. The van der Waals surface area contributed by atoms with E-state index in [0.29, 0.717) is 18.1 Å². The van der Waals surface area contributed by atoms with Gasteiger partial charge in [0.1, 0.15) is 0 Å². The minimum absolute atomic E-state index is 0.0499. The topological polar surface area (TPSA) is 65.2 Å². The third-order valence-electron chi connectivity index (χ3n) is 3.52. The Morgan fingerprint density at radius 3 is 2.81 bits per heavy atom. The summed E-state index contributed by atoms with van der Waals surface area (Å²) in [6, 6.07) is 5.64. The number of aromatic nitrogens is 1. The van der Waals surface area contributed by atoms with Crippen LogP contribution in [0.25, 0.3) is 11.5 Å². The second-order valence-corrected chi connectivity index (χ2v) is 4.39. The number of rotatable bonds is 3. The largest absolute Gasteiger partial charge is 0.461 e. The van der Waals surface area contributed by atoms with Crippen LogP contribution < -0.4 is 5.73 Å². The lowest BCUT2D eigenvalue weighted by Crippen LogP contribution is -2.41. The molecule has 1 aliphatic rings. The predicted octanol–water partition coefficient (Wildman–Crippen LogP) is 2.32. The van der Waals surface area contributed by atoms with Crippen LogP contribution in [0.5, 0.6) is 0 Å². The molecule has 16 heavy (non-hydrogen) atoms. The molecule has 0 radical (unpaired) electrons. The van der Waals surface area contributed by atoms with E-state index in [9.17, 15) is 0 Å². The number of hydrogen-bond acceptors (Lipinski definition) is 4. The second-order valence-electron chi connectivity index (χ2n) is 4.39. The van der Waals surface area contributed by atoms with Gasteiger partial charge in [0.2, 0.25) is 5.76 Å². The van der Waals surface area contributed by atoms with Crippen molar-refractivity contribution >= 4 is 0 Å². The first-order chi connectivity index (χ1) is 7.84. The van der Waals surface area contributed by atoms with E-state index >= 15 is 0 Å². The lowest BCUT2D eigenvalue weighted by molar-refractivity contribution is 0.234. The maximum Gasteiger partial charge on any atom is 0.202 e. The summed E-state index contributed by atoms with van der Waals surface area (Å²) in [5.74, 6) is 1.39. The molecule has 2 heterocycles. The van der Waals surface area contributed by atoms with Crippen molar-refractivity contribution in [2.75, 3.05) is 6.54 Å². The minimum atomic E-state index is 0.0499. The van der Waals surface area contributed by atoms with Crippen molar-refractivity contribution in [2.45, 2.75) is 24.7 Å². The summed E-state index contributed by atoms with van der Waals surface area (Å²) in [5.41, 5.74) is 6.84. The van der Waals surface area contributed by atoms with Crippen molar-refractivity contribution in [3.63, 3.8) is 0 Å². The molecule has 0 bridgehead atoms. The van der Waals surface area contributed by atoms with Gasteiger partial charge in [-0.15, -0.1) is 0 Å². The Labute approximate surface area is 93.4 Å². The third kappa shape index (κ3) is 1.30. The molecule has 0 spiro atoms. The average Bonchev–Trinajstić information content (AvgIpc) is 2.86. The third-order valence-corrected chi connectivity index (χ3v) is 3.52. The van der Waals surface area contributed by atoms with E-state index in [4.69, 9.17) is 14.7 Å². The Morgan fingerprint density at radius 2 is 2.25 bits per heavy atom. The van der Waals surface area contributed by atoms with Gasteiger partial charge in [-0.25, -0.2) is 0 Å². The van der Waals surface area contributed by atoms with E-state index < -0.39 is 0 Å². The summed E-state index contributed by atoms with van der Waals surface area (Å²) >= 11 is 0. The Kier molecular flexibility index (Phi) is 2.11. The highest BCUT2D eigenvalue weighted by Gasteiger charge is 2.40. The number of nitrogens with two attached hydrogens (primary N) is 1. The Bertz CT molecular complexity index is 463. The van der Waals surface area contributed by atoms with E-state index in [2.05, 4.69) is 5.16 Å². The number of hydrogen-bond donors (Lipinski definition) is 1. The zero-order chi connectivity index (χ0) is 11.0. The van der Waals surface area contributed by atoms with Gasteiger partial charge in [-0.05, 0) is 25.0 Å². The van der Waals surface area contributed by atoms with Gasteiger partial charge in [0.25, 0.3) is 0 Å². The Hall–Kier alpha value is -1.55. The molecule has 3 rings (SSSR count). The highest BCUT2D eigenvalue weighted by molar-refractivity contribution is 5.50. The van der Waals surface area contributed by atoms with Gasteiger partial charge in [0.15, 0.2) is 5.76 Å². The molecule has 1 aliphatic carbocycles. The zero-order valence-corrected chi connectivity index (χ0v) is 8.98. The lowest BCUT2D eigenvalue weighted by Gasteiger charge is -2.38. The number of furan rings is 1. The summed E-state index contributed by atoms with van der Waals surface area (Å²) in [7, 11) is 0. The van der Waals surface area contributed by atoms with Crippen molar-refractivity contribution < 1.29 is 8.94 Å². The highest BCUT2D eigenvalue weighted by Crippen LogP contribution is 2.43. The van der Waals surface area contributed by atoms with Crippen LogP contribution >= 0.6 is 0 Å². The van der Waals surface area contributed by atoms with Crippen LogP contribution in [0, 0.1) is 0 Å². The minimum Gasteiger partial charge on any atom is -0.461 e. The quantitative estimate of drug-likeness (QED) is 0.858. The van der Waals surface area contributed by atoms with Gasteiger partial charge in [-0.2, -0.15) is 0 Å². The maximum absolute atomic E-state index is 5.82. The standard InChI is InChI=1S/C12H14N2O2/c13-8-12(4-2-5-12)11-7-10(16-14-11)9-3-1-6-15-9/h1,3,6-7H,2,4-5,8,13H2. The van der Waals surface area contributed by atoms with Crippen LogP contribution in [-0.2, 0) is 5.41 Å². The summed E-state index contributed by atoms with van der Waals surface area (Å²) < 4.78 is 10.6. The van der Waals surface area contributed by atoms with Crippen molar-refractivity contribution in [1.29, 1.82) is 0 Å². The normalized spacial score (nSPS) is 18.3. The molecule has 84 valence electrons. The molecule has 1 fully saturated rings. The molecular weight excluding hydrogens is 204 g/mol.